The van der Waals surface area contributed by atoms with E-state index in [0.29, 0.717) is 11.3 Å². The van der Waals surface area contributed by atoms with Gasteiger partial charge in [-0.25, -0.2) is 0 Å². The topological polar surface area (TPSA) is 78.5 Å². The van der Waals surface area contributed by atoms with Crippen molar-refractivity contribution in [2.45, 2.75) is 52.0 Å². The van der Waals surface area contributed by atoms with Gasteiger partial charge < -0.3 is 10.6 Å². The molecule has 1 fully saturated rings. The third-order valence-electron chi connectivity index (χ3n) is 6.19. The molecule has 0 aromatic heterocycles. The molecule has 0 radical (unpaired) electrons. The van der Waals surface area contributed by atoms with Gasteiger partial charge in [-0.3, -0.25) is 19.3 Å². The van der Waals surface area contributed by atoms with Gasteiger partial charge >= 0.3 is 0 Å². The molecule has 33 heavy (non-hydrogen) atoms. The van der Waals surface area contributed by atoms with Crippen LogP contribution in [0.15, 0.2) is 47.1 Å². The monoisotopic (exact) mass is 577 g/mol. The van der Waals surface area contributed by atoms with E-state index in [-0.39, 0.29) is 22.7 Å². The Kier molecular flexibility index (Phi) is 7.09. The van der Waals surface area contributed by atoms with Crippen molar-refractivity contribution in [3.8, 4) is 0 Å². The van der Waals surface area contributed by atoms with Crippen LogP contribution in [0.2, 0.25) is 0 Å². The second-order valence-electron chi connectivity index (χ2n) is 8.53. The zero-order valence-electron chi connectivity index (χ0n) is 18.5. The zero-order chi connectivity index (χ0) is 23.7. The largest absolute Gasteiger partial charge is 0.349 e. The number of hydrogen-bond acceptors (Lipinski definition) is 4. The Balaban J connectivity index is 1.55. The van der Waals surface area contributed by atoms with Crippen molar-refractivity contribution in [3.63, 3.8) is 0 Å². The molecule has 1 aliphatic carbocycles. The summed E-state index contributed by atoms with van der Waals surface area (Å²) in [5.41, 5.74) is 3.59. The SMILES string of the molecule is Cc1cc(I)ccc1NC(=O)c1ccc(C)c(NC2=C(Cl)C(=O)N(C3CCCCC3)C2=O)c1. The molecule has 8 heteroatoms. The lowest BCUT2D eigenvalue weighted by atomic mass is 9.94. The third-order valence-corrected chi connectivity index (χ3v) is 7.22. The molecule has 0 unspecified atom stereocenters. The van der Waals surface area contributed by atoms with E-state index >= 15 is 0 Å². The molecule has 0 spiro atoms. The molecule has 172 valence electrons. The predicted octanol–water partition coefficient (Wildman–Crippen LogP) is 5.72. The van der Waals surface area contributed by atoms with E-state index in [1.807, 2.05) is 32.0 Å². The summed E-state index contributed by atoms with van der Waals surface area (Å²) in [5, 5.41) is 5.87. The molecule has 0 atom stereocenters. The number of amides is 3. The molecule has 1 heterocycles. The highest BCUT2D eigenvalue weighted by atomic mass is 127. The highest BCUT2D eigenvalue weighted by molar-refractivity contribution is 14.1. The van der Waals surface area contributed by atoms with Crippen LogP contribution >= 0.6 is 34.2 Å². The first kappa shape index (κ1) is 23.8. The van der Waals surface area contributed by atoms with Crippen LogP contribution in [-0.2, 0) is 9.59 Å². The number of benzene rings is 2. The number of carbonyl (C=O) groups excluding carboxylic acids is 3. The minimum Gasteiger partial charge on any atom is -0.349 e. The van der Waals surface area contributed by atoms with Gasteiger partial charge in [0, 0.05) is 26.6 Å². The fraction of sp³-hybridized carbons (Fsp3) is 0.320. The van der Waals surface area contributed by atoms with Gasteiger partial charge in [-0.2, -0.15) is 0 Å². The van der Waals surface area contributed by atoms with Crippen molar-refractivity contribution < 1.29 is 14.4 Å². The Bertz CT molecular complexity index is 1170. The number of nitrogens with one attached hydrogen (secondary N) is 2. The number of halogens is 2. The van der Waals surface area contributed by atoms with E-state index in [4.69, 9.17) is 11.6 Å². The van der Waals surface area contributed by atoms with Gasteiger partial charge in [0.25, 0.3) is 17.7 Å². The average Bonchev–Trinajstić information content (AvgIpc) is 3.00. The zero-order valence-corrected chi connectivity index (χ0v) is 21.4. The number of hydrogen-bond donors (Lipinski definition) is 2. The van der Waals surface area contributed by atoms with Crippen molar-refractivity contribution in [2.24, 2.45) is 0 Å². The van der Waals surface area contributed by atoms with Crippen molar-refractivity contribution in [3.05, 3.63) is 67.4 Å². The third kappa shape index (κ3) is 4.94. The van der Waals surface area contributed by atoms with Gasteiger partial charge in [-0.1, -0.05) is 36.9 Å². The van der Waals surface area contributed by atoms with Crippen LogP contribution in [0.4, 0.5) is 11.4 Å². The molecular weight excluding hydrogens is 553 g/mol. The van der Waals surface area contributed by atoms with E-state index < -0.39 is 11.8 Å². The number of aryl methyl sites for hydroxylation is 2. The van der Waals surface area contributed by atoms with Crippen LogP contribution in [0.5, 0.6) is 0 Å². The molecule has 1 aliphatic heterocycles. The van der Waals surface area contributed by atoms with Crippen LogP contribution in [-0.4, -0.2) is 28.7 Å². The first-order valence-corrected chi connectivity index (χ1v) is 12.4. The molecule has 4 rings (SSSR count). The van der Waals surface area contributed by atoms with Gasteiger partial charge in [-0.05, 0) is 90.7 Å². The molecule has 1 saturated carbocycles. The summed E-state index contributed by atoms with van der Waals surface area (Å²) in [4.78, 5) is 40.0. The van der Waals surface area contributed by atoms with Crippen LogP contribution in [0.3, 0.4) is 0 Å². The Morgan fingerprint density at radius 3 is 2.39 bits per heavy atom. The number of rotatable bonds is 5. The van der Waals surface area contributed by atoms with Crippen LogP contribution in [0, 0.1) is 17.4 Å². The Hall–Kier alpha value is -2.39. The maximum Gasteiger partial charge on any atom is 0.279 e. The summed E-state index contributed by atoms with van der Waals surface area (Å²) in [5.74, 6) is -1.11. The summed E-state index contributed by atoms with van der Waals surface area (Å²) in [6.07, 6.45) is 4.73. The Morgan fingerprint density at radius 2 is 1.70 bits per heavy atom. The lowest BCUT2D eigenvalue weighted by Gasteiger charge is -2.29. The number of imide groups is 1. The van der Waals surface area contributed by atoms with Crippen molar-refractivity contribution in [2.75, 3.05) is 10.6 Å². The summed E-state index contributed by atoms with van der Waals surface area (Å²) >= 11 is 8.53. The lowest BCUT2D eigenvalue weighted by molar-refractivity contribution is -0.140. The predicted molar refractivity (Wildman–Crippen MR) is 138 cm³/mol. The van der Waals surface area contributed by atoms with Crippen molar-refractivity contribution in [1.29, 1.82) is 0 Å². The smallest absolute Gasteiger partial charge is 0.279 e. The van der Waals surface area contributed by atoms with Gasteiger partial charge in [0.15, 0.2) is 0 Å². The van der Waals surface area contributed by atoms with Crippen molar-refractivity contribution in [1.82, 2.24) is 4.90 Å². The number of anilines is 2. The van der Waals surface area contributed by atoms with Crippen LogP contribution < -0.4 is 10.6 Å². The van der Waals surface area contributed by atoms with E-state index in [9.17, 15) is 14.4 Å². The second-order valence-corrected chi connectivity index (χ2v) is 10.2. The fourth-order valence-electron chi connectivity index (χ4n) is 4.29. The molecule has 3 amide bonds. The first-order chi connectivity index (χ1) is 15.8. The minimum absolute atomic E-state index is 0.0707. The Morgan fingerprint density at radius 1 is 0.970 bits per heavy atom. The quantitative estimate of drug-likeness (QED) is 0.352. The Labute approximate surface area is 211 Å². The van der Waals surface area contributed by atoms with E-state index in [1.165, 1.54) is 4.90 Å². The molecular formula is C25H25ClIN3O3. The molecule has 0 bridgehead atoms. The highest BCUT2D eigenvalue weighted by Crippen LogP contribution is 2.33. The summed E-state index contributed by atoms with van der Waals surface area (Å²) < 4.78 is 1.09. The average molecular weight is 578 g/mol. The normalized spacial score (nSPS) is 17.0. The van der Waals surface area contributed by atoms with Crippen LogP contribution in [0.1, 0.15) is 53.6 Å². The van der Waals surface area contributed by atoms with Gasteiger partial charge in [0.1, 0.15) is 10.7 Å². The second kappa shape index (κ2) is 9.85. The van der Waals surface area contributed by atoms with E-state index in [0.717, 1.165) is 52.5 Å². The molecule has 2 N–H and O–H groups in total. The molecule has 2 aliphatic rings. The number of carbonyl (C=O) groups is 3. The van der Waals surface area contributed by atoms with Gasteiger partial charge in [0.05, 0.1) is 0 Å². The van der Waals surface area contributed by atoms with Gasteiger partial charge in [-0.15, -0.1) is 0 Å². The fourth-order valence-corrected chi connectivity index (χ4v) is 5.16. The molecule has 0 saturated heterocycles. The molecule has 6 nitrogen and oxygen atoms in total. The maximum absolute atomic E-state index is 13.1. The van der Waals surface area contributed by atoms with E-state index in [1.54, 1.807) is 18.2 Å². The maximum atomic E-state index is 13.1. The first-order valence-electron chi connectivity index (χ1n) is 11.0. The summed E-state index contributed by atoms with van der Waals surface area (Å²) in [7, 11) is 0. The summed E-state index contributed by atoms with van der Waals surface area (Å²) in [6.45, 7) is 3.80. The highest BCUT2D eigenvalue weighted by Gasteiger charge is 2.42. The lowest BCUT2D eigenvalue weighted by Crippen LogP contribution is -2.42. The van der Waals surface area contributed by atoms with Crippen LogP contribution in [0.25, 0.3) is 0 Å². The number of nitrogens with zero attached hydrogens (tertiary/aromatic N) is 1. The molecule has 2 aromatic rings. The minimum atomic E-state index is -0.447. The summed E-state index contributed by atoms with van der Waals surface area (Å²) in [6, 6.07) is 10.9. The molecule has 2 aromatic carbocycles. The van der Waals surface area contributed by atoms with E-state index in [2.05, 4.69) is 33.2 Å². The van der Waals surface area contributed by atoms with Crippen molar-refractivity contribution >= 4 is 63.3 Å². The standard InChI is InChI=1S/C25H25ClIN3O3/c1-14-8-9-16(23(31)29-19-11-10-17(27)12-15(19)2)13-20(14)28-22-21(26)24(32)30(25(22)33)18-6-4-3-5-7-18/h8-13,18,28H,3-7H2,1-2H3,(H,29,31). The van der Waals surface area contributed by atoms with Gasteiger partial charge in [0.2, 0.25) is 0 Å².